The van der Waals surface area contributed by atoms with Gasteiger partial charge in [-0.25, -0.2) is 0 Å². The quantitative estimate of drug-likeness (QED) is 0.880. The van der Waals surface area contributed by atoms with Crippen molar-refractivity contribution in [3.05, 3.63) is 47.2 Å². The average molecular weight is 230 g/mol. The molecule has 0 spiro atoms. The SMILES string of the molecule is Cc1ccc(-c2ccc(CC(=O)O)o2)c(C)c1. The van der Waals surface area contributed by atoms with Gasteiger partial charge in [-0.1, -0.05) is 23.8 Å². The third kappa shape index (κ3) is 2.56. The van der Waals surface area contributed by atoms with E-state index in [1.54, 1.807) is 6.07 Å². The van der Waals surface area contributed by atoms with Crippen LogP contribution in [0.4, 0.5) is 0 Å². The molecule has 0 amide bonds. The first-order chi connectivity index (χ1) is 8.06. The topological polar surface area (TPSA) is 50.4 Å². The first kappa shape index (κ1) is 11.5. The Morgan fingerprint density at radius 3 is 2.65 bits per heavy atom. The van der Waals surface area contributed by atoms with Crippen molar-refractivity contribution in [2.45, 2.75) is 20.3 Å². The molecule has 0 radical (unpaired) electrons. The highest BCUT2D eigenvalue weighted by atomic mass is 16.4. The van der Waals surface area contributed by atoms with Crippen LogP contribution < -0.4 is 0 Å². The Labute approximate surface area is 99.7 Å². The highest BCUT2D eigenvalue weighted by molar-refractivity contribution is 5.70. The Hall–Kier alpha value is -2.03. The molecule has 88 valence electrons. The molecule has 1 aromatic heterocycles. The largest absolute Gasteiger partial charge is 0.481 e. The van der Waals surface area contributed by atoms with Gasteiger partial charge in [0.1, 0.15) is 17.9 Å². The molecule has 0 saturated heterocycles. The number of hydrogen-bond donors (Lipinski definition) is 1. The van der Waals surface area contributed by atoms with Crippen LogP contribution in [-0.4, -0.2) is 11.1 Å². The standard InChI is InChI=1S/C14H14O3/c1-9-3-5-12(10(2)7-9)13-6-4-11(17-13)8-14(15)16/h3-7H,8H2,1-2H3,(H,15,16). The molecule has 0 atom stereocenters. The van der Waals surface area contributed by atoms with Crippen LogP contribution in [0.2, 0.25) is 0 Å². The minimum absolute atomic E-state index is 0.0785. The van der Waals surface area contributed by atoms with Crippen molar-refractivity contribution in [1.82, 2.24) is 0 Å². The Morgan fingerprint density at radius 2 is 2.00 bits per heavy atom. The third-order valence-electron chi connectivity index (χ3n) is 2.63. The summed E-state index contributed by atoms with van der Waals surface area (Å²) in [5, 5.41) is 8.68. The highest BCUT2D eigenvalue weighted by Crippen LogP contribution is 2.26. The van der Waals surface area contributed by atoms with E-state index < -0.39 is 5.97 Å². The average Bonchev–Trinajstić information content (AvgIpc) is 2.65. The lowest BCUT2D eigenvalue weighted by atomic mass is 10.0. The first-order valence-electron chi connectivity index (χ1n) is 5.44. The van der Waals surface area contributed by atoms with E-state index in [1.807, 2.05) is 32.0 Å². The van der Waals surface area contributed by atoms with Crippen molar-refractivity contribution in [3.8, 4) is 11.3 Å². The van der Waals surface area contributed by atoms with E-state index in [0.29, 0.717) is 5.76 Å². The summed E-state index contributed by atoms with van der Waals surface area (Å²) in [6.45, 7) is 4.05. The fourth-order valence-corrected chi connectivity index (χ4v) is 1.86. The minimum Gasteiger partial charge on any atom is -0.481 e. The monoisotopic (exact) mass is 230 g/mol. The fraction of sp³-hybridized carbons (Fsp3) is 0.214. The zero-order valence-corrected chi connectivity index (χ0v) is 9.86. The van der Waals surface area contributed by atoms with Gasteiger partial charge < -0.3 is 9.52 Å². The molecule has 2 rings (SSSR count). The van der Waals surface area contributed by atoms with Crippen molar-refractivity contribution in [3.63, 3.8) is 0 Å². The molecule has 17 heavy (non-hydrogen) atoms. The van der Waals surface area contributed by atoms with E-state index in [0.717, 1.165) is 16.9 Å². The van der Waals surface area contributed by atoms with Crippen molar-refractivity contribution in [2.75, 3.05) is 0 Å². The number of benzene rings is 1. The smallest absolute Gasteiger partial charge is 0.311 e. The summed E-state index contributed by atoms with van der Waals surface area (Å²) in [7, 11) is 0. The fourth-order valence-electron chi connectivity index (χ4n) is 1.86. The van der Waals surface area contributed by atoms with Crippen LogP contribution in [0, 0.1) is 13.8 Å². The molecular weight excluding hydrogens is 216 g/mol. The van der Waals surface area contributed by atoms with Crippen molar-refractivity contribution < 1.29 is 14.3 Å². The summed E-state index contributed by atoms with van der Waals surface area (Å²) in [5.74, 6) is 0.317. The van der Waals surface area contributed by atoms with Gasteiger partial charge in [0.15, 0.2) is 0 Å². The molecule has 0 bridgehead atoms. The summed E-state index contributed by atoms with van der Waals surface area (Å²) in [4.78, 5) is 10.6. The molecule has 1 N–H and O–H groups in total. The van der Waals surface area contributed by atoms with E-state index in [1.165, 1.54) is 5.56 Å². The summed E-state index contributed by atoms with van der Waals surface area (Å²) >= 11 is 0. The van der Waals surface area contributed by atoms with Crippen LogP contribution in [0.15, 0.2) is 34.7 Å². The molecule has 1 heterocycles. The Balaban J connectivity index is 2.33. The van der Waals surface area contributed by atoms with Crippen LogP contribution in [0.5, 0.6) is 0 Å². The number of aliphatic carboxylic acids is 1. The highest BCUT2D eigenvalue weighted by Gasteiger charge is 2.09. The Kier molecular flexibility index (Phi) is 3.00. The van der Waals surface area contributed by atoms with Gasteiger partial charge in [-0.15, -0.1) is 0 Å². The lowest BCUT2D eigenvalue weighted by Gasteiger charge is -2.03. The first-order valence-corrected chi connectivity index (χ1v) is 5.44. The Bertz CT molecular complexity index is 552. The van der Waals surface area contributed by atoms with Gasteiger partial charge in [0, 0.05) is 5.56 Å². The lowest BCUT2D eigenvalue weighted by Crippen LogP contribution is -1.97. The number of furan rings is 1. The van der Waals surface area contributed by atoms with E-state index >= 15 is 0 Å². The van der Waals surface area contributed by atoms with E-state index in [-0.39, 0.29) is 6.42 Å². The molecule has 2 aromatic rings. The molecule has 0 saturated carbocycles. The third-order valence-corrected chi connectivity index (χ3v) is 2.63. The van der Waals surface area contributed by atoms with Gasteiger partial charge in [0.05, 0.1) is 0 Å². The molecule has 0 aliphatic carbocycles. The van der Waals surface area contributed by atoms with E-state index in [9.17, 15) is 4.79 Å². The Morgan fingerprint density at radius 1 is 1.24 bits per heavy atom. The van der Waals surface area contributed by atoms with Crippen LogP contribution >= 0.6 is 0 Å². The number of carboxylic acid groups (broad SMARTS) is 1. The molecule has 0 aliphatic heterocycles. The molecule has 0 aliphatic rings. The number of carbonyl (C=O) groups is 1. The second-order valence-corrected chi connectivity index (χ2v) is 4.15. The summed E-state index contributed by atoms with van der Waals surface area (Å²) in [6, 6.07) is 9.61. The molecule has 3 heteroatoms. The molecule has 1 aromatic carbocycles. The predicted octanol–water partition coefficient (Wildman–Crippen LogP) is 3.19. The second-order valence-electron chi connectivity index (χ2n) is 4.15. The minimum atomic E-state index is -0.883. The molecule has 0 fully saturated rings. The van der Waals surface area contributed by atoms with Gasteiger partial charge in [-0.2, -0.15) is 0 Å². The number of hydrogen-bond acceptors (Lipinski definition) is 2. The summed E-state index contributed by atoms with van der Waals surface area (Å²) in [5.41, 5.74) is 3.33. The van der Waals surface area contributed by atoms with Crippen molar-refractivity contribution >= 4 is 5.97 Å². The van der Waals surface area contributed by atoms with Gasteiger partial charge in [0.2, 0.25) is 0 Å². The van der Waals surface area contributed by atoms with Gasteiger partial charge in [-0.3, -0.25) is 4.79 Å². The summed E-state index contributed by atoms with van der Waals surface area (Å²) in [6.07, 6.45) is -0.0785. The lowest BCUT2D eigenvalue weighted by molar-refractivity contribution is -0.136. The molecule has 3 nitrogen and oxygen atoms in total. The van der Waals surface area contributed by atoms with E-state index in [2.05, 4.69) is 6.07 Å². The van der Waals surface area contributed by atoms with Crippen molar-refractivity contribution in [2.24, 2.45) is 0 Å². The van der Waals surface area contributed by atoms with Gasteiger partial charge >= 0.3 is 5.97 Å². The van der Waals surface area contributed by atoms with E-state index in [4.69, 9.17) is 9.52 Å². The maximum atomic E-state index is 10.6. The van der Waals surface area contributed by atoms with Gasteiger partial charge in [-0.05, 0) is 31.5 Å². The predicted molar refractivity (Wildman–Crippen MR) is 65.0 cm³/mol. The zero-order valence-electron chi connectivity index (χ0n) is 9.86. The van der Waals surface area contributed by atoms with Crippen LogP contribution in [0.1, 0.15) is 16.9 Å². The zero-order chi connectivity index (χ0) is 12.4. The maximum absolute atomic E-state index is 10.6. The normalized spacial score (nSPS) is 10.5. The molecule has 0 unspecified atom stereocenters. The van der Waals surface area contributed by atoms with Crippen LogP contribution in [0.3, 0.4) is 0 Å². The number of carboxylic acids is 1. The van der Waals surface area contributed by atoms with Gasteiger partial charge in [0.25, 0.3) is 0 Å². The number of rotatable bonds is 3. The maximum Gasteiger partial charge on any atom is 0.311 e. The van der Waals surface area contributed by atoms with Crippen LogP contribution in [0.25, 0.3) is 11.3 Å². The summed E-state index contributed by atoms with van der Waals surface area (Å²) < 4.78 is 5.52. The van der Waals surface area contributed by atoms with Crippen molar-refractivity contribution in [1.29, 1.82) is 0 Å². The number of aryl methyl sites for hydroxylation is 2. The second kappa shape index (κ2) is 4.45. The van der Waals surface area contributed by atoms with Crippen LogP contribution in [-0.2, 0) is 11.2 Å². The molecular formula is C14H14O3.